The average molecular weight is 454 g/mol. The van der Waals surface area contributed by atoms with Crippen molar-refractivity contribution in [2.45, 2.75) is 84.2 Å². The Morgan fingerprint density at radius 1 is 0.767 bits per heavy atom. The van der Waals surface area contributed by atoms with Crippen molar-refractivity contribution in [2.24, 2.45) is 0 Å². The zero-order chi connectivity index (χ0) is 22.7. The summed E-state index contributed by atoms with van der Waals surface area (Å²) in [6, 6.07) is 0. The molecule has 0 aromatic rings. The first-order valence-corrected chi connectivity index (χ1v) is 13.3. The fraction of sp³-hybridized carbons (Fsp3) is 1.00. The summed E-state index contributed by atoms with van der Waals surface area (Å²) >= 11 is 0. The fourth-order valence-corrected chi connectivity index (χ4v) is 3.49. The van der Waals surface area contributed by atoms with Crippen LogP contribution in [0.1, 0.15) is 78.1 Å². The molecule has 0 aliphatic rings. The molecule has 0 bridgehead atoms. The van der Waals surface area contributed by atoms with E-state index in [1.54, 1.807) is 0 Å². The second-order valence-electron chi connectivity index (χ2n) is 8.99. The summed E-state index contributed by atoms with van der Waals surface area (Å²) in [5.74, 6) is 0. The number of rotatable bonds is 22. The molecule has 0 radical (unpaired) electrons. The molecule has 0 aliphatic heterocycles. The number of hydrogen-bond donors (Lipinski definition) is 0. The van der Waals surface area contributed by atoms with E-state index in [4.69, 9.17) is 18.5 Å². The summed E-state index contributed by atoms with van der Waals surface area (Å²) < 4.78 is 34.3. The van der Waals surface area contributed by atoms with Crippen LogP contribution in [0.25, 0.3) is 0 Å². The summed E-state index contributed by atoms with van der Waals surface area (Å²) in [5.41, 5.74) is 0. The Morgan fingerprint density at radius 3 is 1.90 bits per heavy atom. The maximum Gasteiger partial charge on any atom is 0.268 e. The number of phosphoric ester groups is 1. The average Bonchev–Trinajstić information content (AvgIpc) is 2.66. The monoisotopic (exact) mass is 453 g/mol. The van der Waals surface area contributed by atoms with Gasteiger partial charge in [-0.2, -0.15) is 0 Å². The topological polar surface area (TPSA) is 77.1 Å². The Bertz CT molecular complexity index is 430. The van der Waals surface area contributed by atoms with Gasteiger partial charge in [-0.3, -0.25) is 4.57 Å². The largest absolute Gasteiger partial charge is 0.756 e. The van der Waals surface area contributed by atoms with Crippen LogP contribution in [0.5, 0.6) is 0 Å². The second-order valence-corrected chi connectivity index (χ2v) is 10.4. The lowest BCUT2D eigenvalue weighted by molar-refractivity contribution is -0.870. The third kappa shape index (κ3) is 21.2. The summed E-state index contributed by atoms with van der Waals surface area (Å²) in [7, 11) is 1.59. The number of hydrogen-bond acceptors (Lipinski definition) is 6. The number of quaternary nitrogens is 1. The lowest BCUT2D eigenvalue weighted by Crippen LogP contribution is -2.37. The van der Waals surface area contributed by atoms with Crippen molar-refractivity contribution in [3.05, 3.63) is 0 Å². The molecule has 182 valence electrons. The fourth-order valence-electron chi connectivity index (χ4n) is 2.76. The Balaban J connectivity index is 4.26. The Kier molecular flexibility index (Phi) is 18.5. The van der Waals surface area contributed by atoms with Gasteiger partial charge in [-0.1, -0.05) is 65.2 Å². The first-order chi connectivity index (χ1) is 14.2. The number of likely N-dealkylation sites (N-methyl/N-ethyl adjacent to an activating group) is 1. The summed E-state index contributed by atoms with van der Waals surface area (Å²) in [5, 5.41) is 0. The van der Waals surface area contributed by atoms with Crippen LogP contribution in [0, 0.1) is 0 Å². The van der Waals surface area contributed by atoms with Crippen LogP contribution in [-0.4, -0.2) is 71.3 Å². The zero-order valence-electron chi connectivity index (χ0n) is 20.2. The van der Waals surface area contributed by atoms with Crippen molar-refractivity contribution in [2.75, 3.05) is 60.7 Å². The van der Waals surface area contributed by atoms with Crippen molar-refractivity contribution in [1.29, 1.82) is 0 Å². The molecule has 0 heterocycles. The van der Waals surface area contributed by atoms with Crippen molar-refractivity contribution in [1.82, 2.24) is 0 Å². The van der Waals surface area contributed by atoms with Gasteiger partial charge >= 0.3 is 0 Å². The van der Waals surface area contributed by atoms with Crippen LogP contribution in [0.15, 0.2) is 0 Å². The molecule has 0 spiro atoms. The number of unbranched alkanes of at least 4 members (excludes halogenated alkanes) is 8. The van der Waals surface area contributed by atoms with Gasteiger partial charge in [-0.15, -0.1) is 0 Å². The van der Waals surface area contributed by atoms with E-state index in [-0.39, 0.29) is 13.2 Å². The van der Waals surface area contributed by atoms with Crippen LogP contribution in [-0.2, 0) is 23.1 Å². The molecule has 0 saturated heterocycles. The highest BCUT2D eigenvalue weighted by Gasteiger charge is 2.17. The molecule has 8 heteroatoms. The van der Waals surface area contributed by atoms with Crippen LogP contribution in [0.3, 0.4) is 0 Å². The minimum absolute atomic E-state index is 0.0735. The van der Waals surface area contributed by atoms with E-state index in [0.717, 1.165) is 25.7 Å². The molecule has 0 N–H and O–H groups in total. The predicted molar refractivity (Wildman–Crippen MR) is 120 cm³/mol. The van der Waals surface area contributed by atoms with E-state index in [0.29, 0.717) is 30.8 Å². The standard InChI is InChI=1S/C22H48NO6P/c1-6-8-10-12-14-17-26-20-22(27-18-15-13-11-9-7-2)21-29-30(24,25)28-19-16-23(3,4)5/h22H,6-21H2,1-5H3/t22-/m1/s1. The van der Waals surface area contributed by atoms with Crippen LogP contribution in [0.4, 0.5) is 0 Å². The van der Waals surface area contributed by atoms with Crippen molar-refractivity contribution in [3.8, 4) is 0 Å². The van der Waals surface area contributed by atoms with Gasteiger partial charge in [0.2, 0.25) is 0 Å². The molecule has 0 fully saturated rings. The highest BCUT2D eigenvalue weighted by Crippen LogP contribution is 2.38. The third-order valence-corrected chi connectivity index (χ3v) is 5.69. The van der Waals surface area contributed by atoms with Crippen LogP contribution < -0.4 is 4.89 Å². The Hall–Kier alpha value is -0.0100. The lowest BCUT2D eigenvalue weighted by Gasteiger charge is -2.28. The molecule has 0 saturated carbocycles. The first kappa shape index (κ1) is 30.0. The van der Waals surface area contributed by atoms with E-state index in [1.807, 2.05) is 21.1 Å². The normalized spacial score (nSPS) is 15.3. The zero-order valence-corrected chi connectivity index (χ0v) is 21.1. The molecular weight excluding hydrogens is 405 g/mol. The SMILES string of the molecule is CCCCCCCOC[C@H](COP(=O)([O-])OCC[N+](C)(C)C)OCCCCCCC. The van der Waals surface area contributed by atoms with E-state index >= 15 is 0 Å². The Morgan fingerprint density at radius 2 is 1.33 bits per heavy atom. The molecule has 2 atom stereocenters. The highest BCUT2D eigenvalue weighted by atomic mass is 31.2. The quantitative estimate of drug-likeness (QED) is 0.136. The van der Waals surface area contributed by atoms with Gasteiger partial charge in [0.15, 0.2) is 0 Å². The second kappa shape index (κ2) is 18.6. The van der Waals surface area contributed by atoms with Crippen molar-refractivity contribution < 1.29 is 32.5 Å². The summed E-state index contributed by atoms with van der Waals surface area (Å²) in [4.78, 5) is 12.0. The van der Waals surface area contributed by atoms with Gasteiger partial charge in [0, 0.05) is 13.2 Å². The highest BCUT2D eigenvalue weighted by molar-refractivity contribution is 7.45. The van der Waals surface area contributed by atoms with E-state index in [2.05, 4.69) is 13.8 Å². The van der Waals surface area contributed by atoms with Gasteiger partial charge in [0.05, 0.1) is 34.4 Å². The minimum Gasteiger partial charge on any atom is -0.756 e. The minimum atomic E-state index is -4.34. The molecule has 7 nitrogen and oxygen atoms in total. The smallest absolute Gasteiger partial charge is 0.268 e. The molecule has 0 aromatic carbocycles. The van der Waals surface area contributed by atoms with Crippen LogP contribution >= 0.6 is 7.82 Å². The maximum atomic E-state index is 12.0. The lowest BCUT2D eigenvalue weighted by atomic mass is 10.2. The molecule has 0 amide bonds. The molecular formula is C22H48NO6P. The molecule has 0 rings (SSSR count). The van der Waals surface area contributed by atoms with Gasteiger partial charge in [0.1, 0.15) is 19.3 Å². The summed E-state index contributed by atoms with van der Waals surface area (Å²) in [6.45, 7) is 6.57. The van der Waals surface area contributed by atoms with Gasteiger partial charge in [-0.05, 0) is 12.8 Å². The Labute approximate surface area is 185 Å². The molecule has 0 aliphatic carbocycles. The van der Waals surface area contributed by atoms with Crippen molar-refractivity contribution >= 4 is 7.82 Å². The molecule has 0 aromatic heterocycles. The summed E-state index contributed by atoms with van der Waals surface area (Å²) in [6.07, 6.45) is 11.2. The van der Waals surface area contributed by atoms with Gasteiger partial charge in [0.25, 0.3) is 7.82 Å². The van der Waals surface area contributed by atoms with Crippen LogP contribution in [0.2, 0.25) is 0 Å². The predicted octanol–water partition coefficient (Wildman–Crippen LogP) is 4.54. The number of nitrogens with zero attached hydrogens (tertiary/aromatic N) is 1. The van der Waals surface area contributed by atoms with Gasteiger partial charge < -0.3 is 27.9 Å². The molecule has 1 unspecified atom stereocenters. The van der Waals surface area contributed by atoms with E-state index in [9.17, 15) is 9.46 Å². The number of phosphoric acid groups is 1. The first-order valence-electron chi connectivity index (χ1n) is 11.8. The van der Waals surface area contributed by atoms with Crippen molar-refractivity contribution in [3.63, 3.8) is 0 Å². The van der Waals surface area contributed by atoms with Gasteiger partial charge in [-0.25, -0.2) is 0 Å². The maximum absolute atomic E-state index is 12.0. The molecule has 30 heavy (non-hydrogen) atoms. The van der Waals surface area contributed by atoms with E-state index in [1.165, 1.54) is 38.5 Å². The van der Waals surface area contributed by atoms with E-state index < -0.39 is 13.9 Å². The number of ether oxygens (including phenoxy) is 2. The third-order valence-electron chi connectivity index (χ3n) is 4.73.